The van der Waals surface area contributed by atoms with Crippen molar-refractivity contribution < 1.29 is 24.1 Å². The molecule has 9 nitrogen and oxygen atoms in total. The fraction of sp³-hybridized carbons (Fsp3) is 0.238. The Morgan fingerprint density at radius 2 is 1.90 bits per heavy atom. The van der Waals surface area contributed by atoms with Crippen LogP contribution in [0, 0.1) is 18.8 Å². The van der Waals surface area contributed by atoms with E-state index in [0.29, 0.717) is 17.0 Å². The van der Waals surface area contributed by atoms with Crippen molar-refractivity contribution in [2.75, 3.05) is 14.1 Å². The van der Waals surface area contributed by atoms with Crippen LogP contribution in [0.4, 0.5) is 0 Å². The lowest BCUT2D eigenvalue weighted by atomic mass is 9.96. The second-order valence-corrected chi connectivity index (χ2v) is 6.50. The average molecular weight is 410 g/mol. The predicted octanol–water partition coefficient (Wildman–Crippen LogP) is 1.13. The highest BCUT2D eigenvalue weighted by molar-refractivity contribution is 6.12. The van der Waals surface area contributed by atoms with Crippen molar-refractivity contribution in [2.24, 2.45) is 0 Å². The van der Waals surface area contributed by atoms with Gasteiger partial charge < -0.3 is 14.7 Å². The summed E-state index contributed by atoms with van der Waals surface area (Å²) in [7, 11) is 2.63. The molecule has 0 unspecified atom stereocenters. The summed E-state index contributed by atoms with van der Waals surface area (Å²) >= 11 is 0. The van der Waals surface area contributed by atoms with Gasteiger partial charge in [-0.25, -0.2) is 5.48 Å². The van der Waals surface area contributed by atoms with E-state index in [1.807, 2.05) is 0 Å². The minimum atomic E-state index is -1.94. The summed E-state index contributed by atoms with van der Waals surface area (Å²) in [6, 6.07) is 8.14. The third-order valence-electron chi connectivity index (χ3n) is 4.52. The fourth-order valence-electron chi connectivity index (χ4n) is 2.57. The molecule has 9 heteroatoms. The largest absolute Gasteiger partial charge is 0.361 e. The van der Waals surface area contributed by atoms with Gasteiger partial charge in [-0.15, -0.1) is 0 Å². The molecule has 0 spiro atoms. The Bertz CT molecular complexity index is 1010. The van der Waals surface area contributed by atoms with Crippen LogP contribution in [0.5, 0.6) is 0 Å². The molecular formula is C21H22N4O5. The first-order valence-corrected chi connectivity index (χ1v) is 8.90. The molecule has 0 saturated carbocycles. The quantitative estimate of drug-likeness (QED) is 0.294. The number of rotatable bonds is 5. The maximum absolute atomic E-state index is 12.8. The number of hydrogen-bond acceptors (Lipinski definition) is 6. The van der Waals surface area contributed by atoms with Crippen molar-refractivity contribution in [1.29, 1.82) is 0 Å². The van der Waals surface area contributed by atoms with Gasteiger partial charge in [0.2, 0.25) is 0 Å². The minimum Gasteiger partial charge on any atom is -0.361 e. The molecule has 1 aromatic heterocycles. The number of hydroxylamine groups is 1. The number of allylic oxidation sites excluding steroid dienone is 1. The normalized spacial score (nSPS) is 12.4. The number of carbonyl (C=O) groups excluding carboxylic acids is 3. The molecule has 0 aliphatic carbocycles. The van der Waals surface area contributed by atoms with Crippen molar-refractivity contribution in [2.45, 2.75) is 19.4 Å². The first-order chi connectivity index (χ1) is 14.2. The van der Waals surface area contributed by atoms with Gasteiger partial charge in [-0.05, 0) is 50.3 Å². The highest BCUT2D eigenvalue weighted by atomic mass is 16.5. The van der Waals surface area contributed by atoms with E-state index in [2.05, 4.69) is 22.3 Å². The van der Waals surface area contributed by atoms with Gasteiger partial charge in [-0.2, -0.15) is 0 Å². The smallest absolute Gasteiger partial charge is 0.278 e. The van der Waals surface area contributed by atoms with Crippen LogP contribution in [0.25, 0.3) is 6.08 Å². The van der Waals surface area contributed by atoms with Gasteiger partial charge in [0.1, 0.15) is 11.5 Å². The maximum Gasteiger partial charge on any atom is 0.278 e. The van der Waals surface area contributed by atoms with Gasteiger partial charge in [0, 0.05) is 31.3 Å². The summed E-state index contributed by atoms with van der Waals surface area (Å²) in [4.78, 5) is 38.0. The zero-order valence-electron chi connectivity index (χ0n) is 17.0. The first-order valence-electron chi connectivity index (χ1n) is 8.90. The lowest BCUT2D eigenvalue weighted by molar-refractivity contribution is -0.148. The molecule has 30 heavy (non-hydrogen) atoms. The van der Waals surface area contributed by atoms with Crippen LogP contribution < -0.4 is 10.8 Å². The molecule has 1 atom stereocenters. The van der Waals surface area contributed by atoms with Crippen molar-refractivity contribution in [3.05, 3.63) is 59.0 Å². The summed E-state index contributed by atoms with van der Waals surface area (Å²) in [6.45, 7) is 3.03. The second kappa shape index (κ2) is 9.54. The minimum absolute atomic E-state index is 0.248. The monoisotopic (exact) mass is 410 g/mol. The Morgan fingerprint density at radius 1 is 1.23 bits per heavy atom. The van der Waals surface area contributed by atoms with E-state index < -0.39 is 23.3 Å². The molecule has 1 aromatic carbocycles. The molecule has 0 aliphatic rings. The van der Waals surface area contributed by atoms with E-state index in [1.165, 1.54) is 38.6 Å². The van der Waals surface area contributed by atoms with Crippen LogP contribution in [0.2, 0.25) is 0 Å². The first kappa shape index (κ1) is 22.4. The molecule has 2 rings (SSSR count). The Kier molecular flexibility index (Phi) is 7.12. The second-order valence-electron chi connectivity index (χ2n) is 6.50. The molecule has 0 bridgehead atoms. The molecule has 0 aliphatic heterocycles. The van der Waals surface area contributed by atoms with Gasteiger partial charge in [0.15, 0.2) is 5.54 Å². The Hall–Kier alpha value is -3.90. The lowest BCUT2D eigenvalue weighted by Crippen LogP contribution is -2.64. The van der Waals surface area contributed by atoms with Crippen LogP contribution in [0.15, 0.2) is 40.9 Å². The van der Waals surface area contributed by atoms with Gasteiger partial charge >= 0.3 is 0 Å². The summed E-state index contributed by atoms with van der Waals surface area (Å²) in [6.07, 6.45) is 3.34. The number of nitrogens with one attached hydrogen (secondary N) is 2. The SMILES string of the molecule is CNC(=O)[C@@](C)(C(=O)NO)N(C)C(=O)c1ccc(C#CC=Cc2cc(C)on2)cc1. The number of amides is 3. The highest BCUT2D eigenvalue weighted by Gasteiger charge is 2.47. The van der Waals surface area contributed by atoms with E-state index >= 15 is 0 Å². The number of aryl methyl sites for hydroxylation is 1. The zero-order chi connectivity index (χ0) is 22.3. The number of benzene rings is 1. The van der Waals surface area contributed by atoms with Crippen molar-refractivity contribution in [3.8, 4) is 11.8 Å². The summed E-state index contributed by atoms with van der Waals surface area (Å²) in [5.41, 5.74) is 1.06. The Morgan fingerprint density at radius 3 is 2.43 bits per heavy atom. The Balaban J connectivity index is 2.16. The van der Waals surface area contributed by atoms with E-state index in [1.54, 1.807) is 37.3 Å². The molecule has 0 saturated heterocycles. The third-order valence-corrected chi connectivity index (χ3v) is 4.52. The van der Waals surface area contributed by atoms with Crippen LogP contribution in [0.3, 0.4) is 0 Å². The van der Waals surface area contributed by atoms with Crippen LogP contribution in [-0.4, -0.2) is 52.6 Å². The Labute approximate surface area is 173 Å². The predicted molar refractivity (Wildman–Crippen MR) is 108 cm³/mol. The highest BCUT2D eigenvalue weighted by Crippen LogP contribution is 2.18. The van der Waals surface area contributed by atoms with Gasteiger partial charge in [-0.1, -0.05) is 17.0 Å². The third kappa shape index (κ3) is 4.74. The molecule has 0 radical (unpaired) electrons. The molecule has 3 amide bonds. The molecule has 2 aromatic rings. The number of nitrogens with zero attached hydrogens (tertiary/aromatic N) is 2. The van der Waals surface area contributed by atoms with E-state index in [4.69, 9.17) is 9.73 Å². The summed E-state index contributed by atoms with van der Waals surface area (Å²) < 4.78 is 4.95. The van der Waals surface area contributed by atoms with Crippen molar-refractivity contribution in [3.63, 3.8) is 0 Å². The van der Waals surface area contributed by atoms with Gasteiger partial charge in [0.25, 0.3) is 17.7 Å². The number of likely N-dealkylation sites (N-methyl/N-ethyl adjacent to an activating group) is 2. The fourth-order valence-corrected chi connectivity index (χ4v) is 2.57. The standard InChI is InChI=1S/C21H22N4O5/c1-14-13-17(24-30-14)8-6-5-7-15-9-11-16(12-10-15)18(26)25(4)21(2,19(27)22-3)20(28)23-29/h6,8-13,29H,1-4H3,(H,22,27)(H,23,28)/t21-/m0/s1. The number of aromatic nitrogens is 1. The van der Waals surface area contributed by atoms with Crippen molar-refractivity contribution >= 4 is 23.8 Å². The van der Waals surface area contributed by atoms with Crippen LogP contribution in [0.1, 0.15) is 34.3 Å². The molecule has 156 valence electrons. The van der Waals surface area contributed by atoms with E-state index in [0.717, 1.165) is 4.90 Å². The molecule has 3 N–H and O–H groups in total. The van der Waals surface area contributed by atoms with Crippen molar-refractivity contribution in [1.82, 2.24) is 20.9 Å². The van der Waals surface area contributed by atoms with Gasteiger partial charge in [-0.3, -0.25) is 19.6 Å². The topological polar surface area (TPSA) is 125 Å². The number of hydrogen-bond donors (Lipinski definition) is 3. The molecule has 0 fully saturated rings. The lowest BCUT2D eigenvalue weighted by Gasteiger charge is -2.34. The number of carbonyl (C=O) groups is 3. The maximum atomic E-state index is 12.8. The van der Waals surface area contributed by atoms with Gasteiger partial charge in [0.05, 0.1) is 0 Å². The molecule has 1 heterocycles. The molecular weight excluding hydrogens is 388 g/mol. The van der Waals surface area contributed by atoms with E-state index in [9.17, 15) is 14.4 Å². The zero-order valence-corrected chi connectivity index (χ0v) is 17.0. The van der Waals surface area contributed by atoms with Crippen LogP contribution >= 0.6 is 0 Å². The summed E-state index contributed by atoms with van der Waals surface area (Å²) in [5, 5.41) is 15.1. The van der Waals surface area contributed by atoms with E-state index in [-0.39, 0.29) is 5.56 Å². The average Bonchev–Trinajstić information content (AvgIpc) is 3.19. The van der Waals surface area contributed by atoms with Crippen LogP contribution in [-0.2, 0) is 9.59 Å². The summed E-state index contributed by atoms with van der Waals surface area (Å²) in [5.74, 6) is 4.13.